The highest BCUT2D eigenvalue weighted by atomic mass is 16.5. The molecule has 6 rings (SSSR count). The fourth-order valence-electron chi connectivity index (χ4n) is 4.95. The van der Waals surface area contributed by atoms with Crippen LogP contribution in [0.15, 0.2) is 60.9 Å². The van der Waals surface area contributed by atoms with Crippen LogP contribution in [0.4, 0.5) is 5.69 Å². The van der Waals surface area contributed by atoms with E-state index in [0.717, 1.165) is 62.0 Å². The average Bonchev–Trinajstić information content (AvgIpc) is 3.51. The number of morpholine rings is 1. The monoisotopic (exact) mass is 510 g/mol. The molecule has 1 aromatic carbocycles. The molecule has 8 nitrogen and oxygen atoms in total. The Balaban J connectivity index is 0.000000156. The summed E-state index contributed by atoms with van der Waals surface area (Å²) in [5.74, 6) is 0.0293. The third-order valence-electron chi connectivity index (χ3n) is 6.89. The lowest BCUT2D eigenvalue weighted by Gasteiger charge is -2.28. The van der Waals surface area contributed by atoms with Gasteiger partial charge in [0.2, 0.25) is 0 Å². The number of carbonyl (C=O) groups is 1. The van der Waals surface area contributed by atoms with Crippen LogP contribution in [-0.2, 0) is 17.7 Å². The lowest BCUT2D eigenvalue weighted by molar-refractivity contribution is 0.101. The molecule has 1 fully saturated rings. The summed E-state index contributed by atoms with van der Waals surface area (Å²) in [6.45, 7) is 11.9. The Morgan fingerprint density at radius 1 is 1.05 bits per heavy atom. The summed E-state index contributed by atoms with van der Waals surface area (Å²) in [4.78, 5) is 22.5. The van der Waals surface area contributed by atoms with E-state index in [-0.39, 0.29) is 5.78 Å². The van der Waals surface area contributed by atoms with Crippen LogP contribution >= 0.6 is 0 Å². The van der Waals surface area contributed by atoms with E-state index in [9.17, 15) is 4.79 Å². The number of rotatable bonds is 5. The first-order valence-electron chi connectivity index (χ1n) is 13.1. The van der Waals surface area contributed by atoms with Gasteiger partial charge in [0.05, 0.1) is 42.9 Å². The maximum absolute atomic E-state index is 11.4. The van der Waals surface area contributed by atoms with E-state index in [4.69, 9.17) is 9.84 Å². The average molecular weight is 511 g/mol. The van der Waals surface area contributed by atoms with Crippen LogP contribution in [0.3, 0.4) is 0 Å². The molecule has 1 saturated heterocycles. The van der Waals surface area contributed by atoms with Crippen molar-refractivity contribution < 1.29 is 9.53 Å². The highest BCUT2D eigenvalue weighted by molar-refractivity contribution is 5.93. The van der Waals surface area contributed by atoms with Crippen molar-refractivity contribution in [3.05, 3.63) is 89.3 Å². The van der Waals surface area contributed by atoms with Crippen molar-refractivity contribution in [3.8, 4) is 0 Å². The van der Waals surface area contributed by atoms with Gasteiger partial charge in [-0.1, -0.05) is 25.1 Å². The minimum atomic E-state index is 0.0293. The number of nitrogens with zero attached hydrogens (tertiary/aromatic N) is 6. The molecule has 4 aromatic heterocycles. The Hall–Kier alpha value is -4.04. The predicted molar refractivity (Wildman–Crippen MR) is 150 cm³/mol. The molecule has 0 aliphatic carbocycles. The Morgan fingerprint density at radius 2 is 1.84 bits per heavy atom. The molecule has 0 atom stereocenters. The smallest absolute Gasteiger partial charge is 0.178 e. The van der Waals surface area contributed by atoms with Gasteiger partial charge < -0.3 is 9.64 Å². The topological polar surface area (TPSA) is 77.5 Å². The molecule has 0 radical (unpaired) electrons. The third kappa shape index (κ3) is 5.31. The van der Waals surface area contributed by atoms with Crippen LogP contribution in [0.2, 0.25) is 0 Å². The zero-order valence-electron chi connectivity index (χ0n) is 22.5. The number of ether oxygens (including phenoxy) is 1. The number of carbonyl (C=O) groups excluding carboxylic acids is 1. The summed E-state index contributed by atoms with van der Waals surface area (Å²) in [7, 11) is 0. The van der Waals surface area contributed by atoms with E-state index in [1.807, 2.05) is 35.7 Å². The summed E-state index contributed by atoms with van der Waals surface area (Å²) in [6, 6.07) is 16.6. The normalized spacial score (nSPS) is 13.5. The zero-order chi connectivity index (χ0) is 26.6. The minimum Gasteiger partial charge on any atom is -0.378 e. The van der Waals surface area contributed by atoms with E-state index < -0.39 is 0 Å². The van der Waals surface area contributed by atoms with Gasteiger partial charge in [-0.15, -0.1) is 0 Å². The lowest BCUT2D eigenvalue weighted by atomic mass is 10.1. The molecule has 0 amide bonds. The van der Waals surface area contributed by atoms with Crippen LogP contribution < -0.4 is 4.90 Å². The van der Waals surface area contributed by atoms with E-state index in [1.54, 1.807) is 13.1 Å². The van der Waals surface area contributed by atoms with Crippen LogP contribution in [0.1, 0.15) is 47.0 Å². The van der Waals surface area contributed by atoms with Crippen molar-refractivity contribution in [1.82, 2.24) is 24.1 Å². The number of hydrogen-bond donors (Lipinski definition) is 0. The summed E-state index contributed by atoms with van der Waals surface area (Å²) >= 11 is 0. The van der Waals surface area contributed by atoms with Gasteiger partial charge in [0, 0.05) is 49.0 Å². The largest absolute Gasteiger partial charge is 0.378 e. The predicted octanol–water partition coefficient (Wildman–Crippen LogP) is 5.03. The van der Waals surface area contributed by atoms with Gasteiger partial charge in [-0.3, -0.25) is 18.9 Å². The number of benzene rings is 1. The SMILES string of the molecule is CC(=O)c1cnc2cc(N3CCOCC3)ccn12.CCc1nn(Cc2cccc(C)n2)c2cccc(C)c12. The van der Waals surface area contributed by atoms with Gasteiger partial charge in [0.15, 0.2) is 5.78 Å². The van der Waals surface area contributed by atoms with Gasteiger partial charge in [-0.2, -0.15) is 5.10 Å². The fourth-order valence-corrected chi connectivity index (χ4v) is 4.95. The molecule has 196 valence electrons. The third-order valence-corrected chi connectivity index (χ3v) is 6.89. The Labute approximate surface area is 222 Å². The zero-order valence-corrected chi connectivity index (χ0v) is 22.5. The standard InChI is InChI=1S/C17H19N3.C13H15N3O2/c1-4-15-17-12(2)7-5-10-16(17)20(19-15)11-14-9-6-8-13(3)18-14;1-10(17)12-9-14-13-8-11(2-3-16(12)13)15-4-6-18-7-5-15/h5-10H,4,11H2,1-3H3;2-3,8-9H,4-7H2,1H3. The summed E-state index contributed by atoms with van der Waals surface area (Å²) < 4.78 is 9.24. The summed E-state index contributed by atoms with van der Waals surface area (Å²) in [6.07, 6.45) is 4.49. The number of aromatic nitrogens is 5. The maximum atomic E-state index is 11.4. The second-order valence-corrected chi connectivity index (χ2v) is 9.61. The van der Waals surface area contributed by atoms with Gasteiger partial charge in [-0.25, -0.2) is 4.98 Å². The second kappa shape index (κ2) is 11.1. The van der Waals surface area contributed by atoms with Crippen molar-refractivity contribution in [2.75, 3.05) is 31.2 Å². The number of Topliss-reactive ketones (excluding diaryl/α,β-unsaturated/α-hetero) is 1. The van der Waals surface area contributed by atoms with Crippen molar-refractivity contribution in [2.45, 2.75) is 40.7 Å². The minimum absolute atomic E-state index is 0.0293. The molecule has 0 N–H and O–H groups in total. The Kier molecular flexibility index (Phi) is 7.51. The van der Waals surface area contributed by atoms with E-state index >= 15 is 0 Å². The molecule has 38 heavy (non-hydrogen) atoms. The van der Waals surface area contributed by atoms with E-state index in [2.05, 4.69) is 63.7 Å². The van der Waals surface area contributed by atoms with Crippen molar-refractivity contribution in [2.24, 2.45) is 0 Å². The van der Waals surface area contributed by atoms with Gasteiger partial charge in [-0.05, 0) is 50.1 Å². The molecule has 5 heterocycles. The number of imidazole rings is 1. The highest BCUT2D eigenvalue weighted by Crippen LogP contribution is 2.23. The van der Waals surface area contributed by atoms with Gasteiger partial charge in [0.1, 0.15) is 11.3 Å². The molecule has 0 saturated carbocycles. The molecule has 0 spiro atoms. The molecular weight excluding hydrogens is 476 g/mol. The molecule has 8 heteroatoms. The molecule has 5 aromatic rings. The number of anilines is 1. The quantitative estimate of drug-likeness (QED) is 0.309. The molecule has 0 bridgehead atoms. The van der Waals surface area contributed by atoms with Crippen molar-refractivity contribution >= 4 is 28.0 Å². The van der Waals surface area contributed by atoms with Crippen molar-refractivity contribution in [1.29, 1.82) is 0 Å². The van der Waals surface area contributed by atoms with Crippen LogP contribution in [-0.4, -0.2) is 56.2 Å². The number of aryl methyl sites for hydroxylation is 3. The van der Waals surface area contributed by atoms with E-state index in [1.165, 1.54) is 22.2 Å². The number of ketones is 1. The first kappa shape index (κ1) is 25.6. The second-order valence-electron chi connectivity index (χ2n) is 9.61. The van der Waals surface area contributed by atoms with Crippen LogP contribution in [0.25, 0.3) is 16.6 Å². The number of fused-ring (bicyclic) bond motifs is 2. The van der Waals surface area contributed by atoms with Crippen molar-refractivity contribution in [3.63, 3.8) is 0 Å². The first-order chi connectivity index (χ1) is 18.4. The molecule has 0 unspecified atom stereocenters. The summed E-state index contributed by atoms with van der Waals surface area (Å²) in [5, 5.41) is 6.06. The first-order valence-corrected chi connectivity index (χ1v) is 13.1. The van der Waals surface area contributed by atoms with Crippen LogP contribution in [0, 0.1) is 13.8 Å². The number of hydrogen-bond acceptors (Lipinski definition) is 6. The maximum Gasteiger partial charge on any atom is 0.178 e. The number of pyridine rings is 2. The van der Waals surface area contributed by atoms with Crippen LogP contribution in [0.5, 0.6) is 0 Å². The van der Waals surface area contributed by atoms with Gasteiger partial charge >= 0.3 is 0 Å². The lowest BCUT2D eigenvalue weighted by Crippen LogP contribution is -2.36. The van der Waals surface area contributed by atoms with E-state index in [0.29, 0.717) is 5.69 Å². The fraction of sp³-hybridized carbons (Fsp3) is 0.333. The Morgan fingerprint density at radius 3 is 2.58 bits per heavy atom. The highest BCUT2D eigenvalue weighted by Gasteiger charge is 2.14. The molecule has 1 aliphatic rings. The van der Waals surface area contributed by atoms with Gasteiger partial charge in [0.25, 0.3) is 0 Å². The molecular formula is C30H34N6O2. The Bertz CT molecular complexity index is 1580. The summed E-state index contributed by atoms with van der Waals surface area (Å²) in [5.41, 5.74) is 8.33. The molecule has 1 aliphatic heterocycles.